The Morgan fingerprint density at radius 1 is 1.62 bits per heavy atom. The van der Waals surface area contributed by atoms with Crippen LogP contribution >= 0.6 is 0 Å². The summed E-state index contributed by atoms with van der Waals surface area (Å²) >= 11 is 0. The molecule has 0 heterocycles. The lowest BCUT2D eigenvalue weighted by molar-refractivity contribution is 0.497. The van der Waals surface area contributed by atoms with Crippen LogP contribution in [0.5, 0.6) is 0 Å². The van der Waals surface area contributed by atoms with Gasteiger partial charge in [0.05, 0.1) is 0 Å². The second-order valence-electron chi connectivity index (χ2n) is 1.89. The van der Waals surface area contributed by atoms with Crippen molar-refractivity contribution in [3.63, 3.8) is 0 Å². The van der Waals surface area contributed by atoms with E-state index in [9.17, 15) is 0 Å². The first-order chi connectivity index (χ1) is 3.85. The van der Waals surface area contributed by atoms with Crippen molar-refractivity contribution in [1.29, 1.82) is 0 Å². The fourth-order valence-corrected chi connectivity index (χ4v) is 0.618. The summed E-state index contributed by atoms with van der Waals surface area (Å²) < 4.78 is 0. The number of nitrogens with two attached hydrogens (primary N) is 2. The first-order valence-corrected chi connectivity index (χ1v) is 3.01. The number of hydrazine groups is 1. The first-order valence-electron chi connectivity index (χ1n) is 3.01. The van der Waals surface area contributed by atoms with E-state index in [0.717, 1.165) is 12.8 Å². The van der Waals surface area contributed by atoms with Crippen LogP contribution in [0.4, 0.5) is 0 Å². The molecule has 0 amide bonds. The zero-order valence-corrected chi connectivity index (χ0v) is 5.35. The summed E-state index contributed by atoms with van der Waals surface area (Å²) in [6.07, 6.45) is 2.19. The molecule has 3 nitrogen and oxygen atoms in total. The lowest BCUT2D eigenvalue weighted by atomic mass is 10.2. The third-order valence-electron chi connectivity index (χ3n) is 1.16. The van der Waals surface area contributed by atoms with Crippen molar-refractivity contribution in [2.24, 2.45) is 11.6 Å². The van der Waals surface area contributed by atoms with Crippen LogP contribution < -0.4 is 17.0 Å². The Kier molecular flexibility index (Phi) is 4.95. The van der Waals surface area contributed by atoms with Crippen LogP contribution in [0.1, 0.15) is 19.8 Å². The molecule has 0 aliphatic carbocycles. The molecule has 5 N–H and O–H groups in total. The van der Waals surface area contributed by atoms with E-state index in [2.05, 4.69) is 12.3 Å². The zero-order chi connectivity index (χ0) is 6.41. The van der Waals surface area contributed by atoms with Crippen molar-refractivity contribution >= 4 is 0 Å². The molecule has 0 rings (SSSR count). The van der Waals surface area contributed by atoms with Crippen molar-refractivity contribution in [2.75, 3.05) is 6.54 Å². The minimum atomic E-state index is 0.306. The van der Waals surface area contributed by atoms with Crippen LogP contribution in [0.15, 0.2) is 0 Å². The van der Waals surface area contributed by atoms with Gasteiger partial charge in [-0.05, 0) is 6.42 Å². The highest BCUT2D eigenvalue weighted by Crippen LogP contribution is 1.90. The first kappa shape index (κ1) is 7.88. The van der Waals surface area contributed by atoms with E-state index in [4.69, 9.17) is 11.6 Å². The molecule has 50 valence electrons. The summed E-state index contributed by atoms with van der Waals surface area (Å²) in [4.78, 5) is 0. The molecule has 1 unspecified atom stereocenters. The van der Waals surface area contributed by atoms with E-state index >= 15 is 0 Å². The zero-order valence-electron chi connectivity index (χ0n) is 5.35. The summed E-state index contributed by atoms with van der Waals surface area (Å²) in [6.45, 7) is 2.74. The van der Waals surface area contributed by atoms with E-state index < -0.39 is 0 Å². The summed E-state index contributed by atoms with van der Waals surface area (Å²) in [7, 11) is 0. The summed E-state index contributed by atoms with van der Waals surface area (Å²) in [5.74, 6) is 5.14. The molecule has 0 bridgehead atoms. The SMILES string of the molecule is CCCC(CN)NN. The van der Waals surface area contributed by atoms with Gasteiger partial charge in [0, 0.05) is 12.6 Å². The normalized spacial score (nSPS) is 13.9. The van der Waals surface area contributed by atoms with Crippen molar-refractivity contribution in [3.8, 4) is 0 Å². The van der Waals surface area contributed by atoms with E-state index in [1.807, 2.05) is 0 Å². The maximum atomic E-state index is 5.33. The van der Waals surface area contributed by atoms with Gasteiger partial charge >= 0.3 is 0 Å². The molecule has 8 heavy (non-hydrogen) atoms. The average Bonchev–Trinajstić information content (AvgIpc) is 1.83. The lowest BCUT2D eigenvalue weighted by Crippen LogP contribution is -2.40. The van der Waals surface area contributed by atoms with Gasteiger partial charge in [-0.1, -0.05) is 13.3 Å². The van der Waals surface area contributed by atoms with E-state index in [1.54, 1.807) is 0 Å². The third kappa shape index (κ3) is 2.96. The van der Waals surface area contributed by atoms with Gasteiger partial charge in [0.1, 0.15) is 0 Å². The van der Waals surface area contributed by atoms with Crippen LogP contribution in [-0.2, 0) is 0 Å². The van der Waals surface area contributed by atoms with Crippen LogP contribution in [0, 0.1) is 0 Å². The molecule has 0 aromatic rings. The van der Waals surface area contributed by atoms with Crippen LogP contribution in [0.2, 0.25) is 0 Å². The largest absolute Gasteiger partial charge is 0.329 e. The Bertz CT molecular complexity index is 42.9. The predicted molar refractivity (Wildman–Crippen MR) is 35.1 cm³/mol. The smallest absolute Gasteiger partial charge is 0.0332 e. The van der Waals surface area contributed by atoms with Gasteiger partial charge in [0.25, 0.3) is 0 Å². The van der Waals surface area contributed by atoms with Crippen molar-refractivity contribution in [3.05, 3.63) is 0 Å². The van der Waals surface area contributed by atoms with Gasteiger partial charge in [-0.3, -0.25) is 11.3 Å². The molecule has 1 atom stereocenters. The maximum Gasteiger partial charge on any atom is 0.0332 e. The number of rotatable bonds is 4. The van der Waals surface area contributed by atoms with Crippen LogP contribution in [0.3, 0.4) is 0 Å². The highest BCUT2D eigenvalue weighted by molar-refractivity contribution is 4.61. The Hall–Kier alpha value is -0.120. The minimum Gasteiger partial charge on any atom is -0.329 e. The fourth-order valence-electron chi connectivity index (χ4n) is 0.618. The number of hydrogen-bond acceptors (Lipinski definition) is 3. The van der Waals surface area contributed by atoms with E-state index in [-0.39, 0.29) is 0 Å². The molecule has 0 aliphatic heterocycles. The molecule has 0 aliphatic rings. The molecule has 0 saturated carbocycles. The van der Waals surface area contributed by atoms with Crippen molar-refractivity contribution in [2.45, 2.75) is 25.8 Å². The van der Waals surface area contributed by atoms with Crippen LogP contribution in [0.25, 0.3) is 0 Å². The van der Waals surface area contributed by atoms with E-state index in [1.165, 1.54) is 0 Å². The van der Waals surface area contributed by atoms with Crippen molar-refractivity contribution in [1.82, 2.24) is 5.43 Å². The Morgan fingerprint density at radius 2 is 2.25 bits per heavy atom. The predicted octanol–water partition coefficient (Wildman–Crippen LogP) is -0.423. The minimum absolute atomic E-state index is 0.306. The second kappa shape index (κ2) is 5.03. The van der Waals surface area contributed by atoms with Gasteiger partial charge in [-0.2, -0.15) is 0 Å². The van der Waals surface area contributed by atoms with Gasteiger partial charge in [-0.15, -0.1) is 0 Å². The Morgan fingerprint density at radius 3 is 2.38 bits per heavy atom. The van der Waals surface area contributed by atoms with Crippen molar-refractivity contribution < 1.29 is 0 Å². The molecule has 0 radical (unpaired) electrons. The molecular formula is C5H15N3. The molecular weight excluding hydrogens is 102 g/mol. The molecule has 0 aromatic heterocycles. The van der Waals surface area contributed by atoms with Gasteiger partial charge in [-0.25, -0.2) is 0 Å². The molecule has 3 heteroatoms. The third-order valence-corrected chi connectivity index (χ3v) is 1.16. The molecule has 0 aromatic carbocycles. The number of nitrogens with one attached hydrogen (secondary N) is 1. The summed E-state index contributed by atoms with van der Waals surface area (Å²) in [6, 6.07) is 0.306. The Balaban J connectivity index is 3.07. The van der Waals surface area contributed by atoms with Crippen LogP contribution in [-0.4, -0.2) is 12.6 Å². The second-order valence-corrected chi connectivity index (χ2v) is 1.89. The van der Waals surface area contributed by atoms with Gasteiger partial charge in [0.2, 0.25) is 0 Å². The molecule has 0 saturated heterocycles. The number of hydrogen-bond donors (Lipinski definition) is 3. The lowest BCUT2D eigenvalue weighted by Gasteiger charge is -2.10. The summed E-state index contributed by atoms with van der Waals surface area (Å²) in [5, 5.41) is 0. The highest BCUT2D eigenvalue weighted by atomic mass is 15.2. The highest BCUT2D eigenvalue weighted by Gasteiger charge is 1.98. The maximum absolute atomic E-state index is 5.33. The average molecular weight is 117 g/mol. The quantitative estimate of drug-likeness (QED) is 0.346. The topological polar surface area (TPSA) is 64.1 Å². The Labute approximate surface area is 50.4 Å². The summed E-state index contributed by atoms with van der Waals surface area (Å²) in [5.41, 5.74) is 7.95. The fraction of sp³-hybridized carbons (Fsp3) is 1.00. The van der Waals surface area contributed by atoms with E-state index in [0.29, 0.717) is 12.6 Å². The monoisotopic (exact) mass is 117 g/mol. The standard InChI is InChI=1S/C5H15N3/c1-2-3-5(4-6)8-7/h5,8H,2-4,6-7H2,1H3. The molecule has 0 spiro atoms. The van der Waals surface area contributed by atoms with Gasteiger partial charge < -0.3 is 5.73 Å². The molecule has 0 fully saturated rings. The van der Waals surface area contributed by atoms with Gasteiger partial charge in [0.15, 0.2) is 0 Å².